The molecule has 3 rings (SSSR count). The second-order valence-electron chi connectivity index (χ2n) is 7.24. The molecule has 0 aliphatic carbocycles. The van der Waals surface area contributed by atoms with Crippen LogP contribution >= 0.6 is 0 Å². The summed E-state index contributed by atoms with van der Waals surface area (Å²) in [5, 5.41) is 5.39. The number of furan rings is 1. The van der Waals surface area contributed by atoms with Crippen LogP contribution < -0.4 is 10.6 Å². The van der Waals surface area contributed by atoms with Crippen molar-refractivity contribution < 1.29 is 28.3 Å². The highest BCUT2D eigenvalue weighted by Crippen LogP contribution is 2.27. The number of hydrogen-bond acceptors (Lipinski definition) is 6. The van der Waals surface area contributed by atoms with Crippen LogP contribution in [0, 0.1) is 0 Å². The van der Waals surface area contributed by atoms with Crippen LogP contribution in [0.3, 0.4) is 0 Å². The van der Waals surface area contributed by atoms with Gasteiger partial charge in [0.2, 0.25) is 5.91 Å². The zero-order valence-corrected chi connectivity index (χ0v) is 16.8. The first-order valence-electron chi connectivity index (χ1n) is 9.84. The van der Waals surface area contributed by atoms with Gasteiger partial charge in [-0.15, -0.1) is 6.58 Å². The van der Waals surface area contributed by atoms with Crippen LogP contribution in [0.25, 0.3) is 0 Å². The average Bonchev–Trinajstić information content (AvgIpc) is 3.50. The number of esters is 1. The Bertz CT molecular complexity index is 808. The van der Waals surface area contributed by atoms with Crippen molar-refractivity contribution in [1.82, 2.24) is 20.4 Å². The molecule has 30 heavy (non-hydrogen) atoms. The number of urea groups is 1. The lowest BCUT2D eigenvalue weighted by Gasteiger charge is -2.29. The summed E-state index contributed by atoms with van der Waals surface area (Å²) in [6, 6.07) is 0.790. The summed E-state index contributed by atoms with van der Waals surface area (Å²) in [5.74, 6) is -1.14. The number of methoxy groups -OCH3 is 1. The van der Waals surface area contributed by atoms with Gasteiger partial charge in [0.25, 0.3) is 5.91 Å². The van der Waals surface area contributed by atoms with E-state index in [4.69, 9.17) is 9.15 Å². The highest BCUT2D eigenvalue weighted by atomic mass is 16.5. The van der Waals surface area contributed by atoms with Crippen molar-refractivity contribution in [2.75, 3.05) is 26.7 Å². The van der Waals surface area contributed by atoms with Crippen LogP contribution in [-0.2, 0) is 14.3 Å². The van der Waals surface area contributed by atoms with Crippen molar-refractivity contribution >= 4 is 23.8 Å². The Balaban J connectivity index is 1.78. The Labute approximate surface area is 174 Å². The summed E-state index contributed by atoms with van der Waals surface area (Å²) in [7, 11) is 1.29. The van der Waals surface area contributed by atoms with E-state index in [1.54, 1.807) is 12.1 Å². The van der Waals surface area contributed by atoms with Crippen LogP contribution in [0.15, 0.2) is 35.5 Å². The molecule has 2 N–H and O–H groups in total. The van der Waals surface area contributed by atoms with Crippen LogP contribution in [0.4, 0.5) is 4.79 Å². The summed E-state index contributed by atoms with van der Waals surface area (Å²) < 4.78 is 10.0. The predicted octanol–water partition coefficient (Wildman–Crippen LogP) is 0.512. The van der Waals surface area contributed by atoms with Gasteiger partial charge >= 0.3 is 12.0 Å². The molecular formula is C20H26N4O6. The number of hydrogen-bond donors (Lipinski definition) is 2. The molecule has 0 saturated carbocycles. The SMILES string of the molecule is C=CCNC(=O)N[C@H]1C[C@@H](C(=O)N2CCC[C@@H]2C(=O)OC)N(C(=O)c2ccco2)C1. The predicted molar refractivity (Wildman–Crippen MR) is 105 cm³/mol. The lowest BCUT2D eigenvalue weighted by molar-refractivity contribution is -0.152. The summed E-state index contributed by atoms with van der Waals surface area (Å²) in [6.45, 7) is 4.40. The maximum absolute atomic E-state index is 13.3. The van der Waals surface area contributed by atoms with Gasteiger partial charge in [-0.1, -0.05) is 6.08 Å². The standard InChI is InChI=1S/C20H26N4O6/c1-3-8-21-20(28)22-13-11-15(24(12-13)18(26)16-7-5-10-30-16)17(25)23-9-4-6-14(23)19(27)29-2/h3,5,7,10,13-15H,1,4,6,8-9,11-12H2,2H3,(H2,21,22,28)/t13-,14+,15-/m0/s1. The van der Waals surface area contributed by atoms with E-state index >= 15 is 0 Å². The fourth-order valence-electron chi connectivity index (χ4n) is 3.95. The minimum atomic E-state index is -0.822. The molecule has 162 valence electrons. The van der Waals surface area contributed by atoms with Crippen molar-refractivity contribution in [1.29, 1.82) is 0 Å². The second kappa shape index (κ2) is 9.47. The number of likely N-dealkylation sites (tertiary alicyclic amines) is 2. The summed E-state index contributed by atoms with van der Waals surface area (Å²) in [4.78, 5) is 53.2. The summed E-state index contributed by atoms with van der Waals surface area (Å²) in [6.07, 6.45) is 4.36. The molecule has 4 amide bonds. The van der Waals surface area contributed by atoms with Crippen LogP contribution in [0.2, 0.25) is 0 Å². The topological polar surface area (TPSA) is 121 Å². The normalized spacial score (nSPS) is 23.2. The quantitative estimate of drug-likeness (QED) is 0.513. The zero-order valence-electron chi connectivity index (χ0n) is 16.8. The van der Waals surface area contributed by atoms with Gasteiger partial charge in [0.05, 0.1) is 19.4 Å². The Morgan fingerprint density at radius 2 is 2.10 bits per heavy atom. The molecule has 2 saturated heterocycles. The first-order chi connectivity index (χ1) is 14.5. The molecule has 10 heteroatoms. The van der Waals surface area contributed by atoms with E-state index in [0.29, 0.717) is 25.9 Å². The largest absolute Gasteiger partial charge is 0.467 e. The number of rotatable bonds is 6. The van der Waals surface area contributed by atoms with E-state index in [1.807, 2.05) is 0 Å². The van der Waals surface area contributed by atoms with Gasteiger partial charge in [0.1, 0.15) is 12.1 Å². The van der Waals surface area contributed by atoms with E-state index in [1.165, 1.54) is 29.2 Å². The number of nitrogens with one attached hydrogen (secondary N) is 2. The maximum Gasteiger partial charge on any atom is 0.328 e. The molecule has 3 atom stereocenters. The Kier molecular flexibility index (Phi) is 6.76. The number of carbonyl (C=O) groups excluding carboxylic acids is 4. The molecule has 3 heterocycles. The molecular weight excluding hydrogens is 392 g/mol. The minimum Gasteiger partial charge on any atom is -0.467 e. The third-order valence-electron chi connectivity index (χ3n) is 5.33. The zero-order chi connectivity index (χ0) is 21.7. The molecule has 10 nitrogen and oxygen atoms in total. The van der Waals surface area contributed by atoms with Gasteiger partial charge in [-0.3, -0.25) is 9.59 Å². The average molecular weight is 418 g/mol. The molecule has 0 spiro atoms. The summed E-state index contributed by atoms with van der Waals surface area (Å²) >= 11 is 0. The molecule has 1 aromatic rings. The molecule has 0 radical (unpaired) electrons. The highest BCUT2D eigenvalue weighted by molar-refractivity contribution is 5.97. The Hall–Kier alpha value is -3.30. The van der Waals surface area contributed by atoms with Crippen molar-refractivity contribution in [3.8, 4) is 0 Å². The molecule has 2 aliphatic heterocycles. The smallest absolute Gasteiger partial charge is 0.328 e. The lowest BCUT2D eigenvalue weighted by atomic mass is 10.1. The first kappa shape index (κ1) is 21.4. The van der Waals surface area contributed by atoms with Gasteiger partial charge in [-0.2, -0.15) is 0 Å². The monoisotopic (exact) mass is 418 g/mol. The Morgan fingerprint density at radius 1 is 1.30 bits per heavy atom. The molecule has 2 aliphatic rings. The van der Waals surface area contributed by atoms with Gasteiger partial charge in [-0.05, 0) is 31.4 Å². The fraction of sp³-hybridized carbons (Fsp3) is 0.500. The fourth-order valence-corrected chi connectivity index (χ4v) is 3.95. The molecule has 0 unspecified atom stereocenters. The van der Waals surface area contributed by atoms with Crippen molar-refractivity contribution in [3.05, 3.63) is 36.8 Å². The van der Waals surface area contributed by atoms with Gasteiger partial charge < -0.3 is 29.6 Å². The van der Waals surface area contributed by atoms with E-state index in [0.717, 1.165) is 0 Å². The Morgan fingerprint density at radius 3 is 2.77 bits per heavy atom. The number of amides is 4. The molecule has 0 aromatic carbocycles. The number of carbonyl (C=O) groups is 4. The van der Waals surface area contributed by atoms with E-state index in [-0.39, 0.29) is 24.6 Å². The van der Waals surface area contributed by atoms with E-state index < -0.39 is 36.0 Å². The third-order valence-corrected chi connectivity index (χ3v) is 5.33. The lowest BCUT2D eigenvalue weighted by Crippen LogP contribution is -2.51. The molecule has 2 fully saturated rings. The molecule has 0 bridgehead atoms. The van der Waals surface area contributed by atoms with Gasteiger partial charge in [0, 0.05) is 19.6 Å². The van der Waals surface area contributed by atoms with Crippen LogP contribution in [0.5, 0.6) is 0 Å². The van der Waals surface area contributed by atoms with Crippen LogP contribution in [0.1, 0.15) is 29.8 Å². The van der Waals surface area contributed by atoms with E-state index in [2.05, 4.69) is 17.2 Å². The highest BCUT2D eigenvalue weighted by Gasteiger charge is 2.46. The van der Waals surface area contributed by atoms with E-state index in [9.17, 15) is 19.2 Å². The first-order valence-corrected chi connectivity index (χ1v) is 9.84. The van der Waals surface area contributed by atoms with Crippen LogP contribution in [-0.4, -0.2) is 78.5 Å². The van der Waals surface area contributed by atoms with Crippen molar-refractivity contribution in [2.45, 2.75) is 37.4 Å². The van der Waals surface area contributed by atoms with Crippen molar-refractivity contribution in [3.63, 3.8) is 0 Å². The number of nitrogens with zero attached hydrogens (tertiary/aromatic N) is 2. The van der Waals surface area contributed by atoms with Gasteiger partial charge in [-0.25, -0.2) is 9.59 Å². The third kappa shape index (κ3) is 4.47. The number of ether oxygens (including phenoxy) is 1. The summed E-state index contributed by atoms with van der Waals surface area (Å²) in [5.41, 5.74) is 0. The maximum atomic E-state index is 13.3. The van der Waals surface area contributed by atoms with Crippen molar-refractivity contribution in [2.24, 2.45) is 0 Å². The minimum absolute atomic E-state index is 0.107. The second-order valence-corrected chi connectivity index (χ2v) is 7.24. The van der Waals surface area contributed by atoms with Gasteiger partial charge in [0.15, 0.2) is 5.76 Å². The molecule has 1 aromatic heterocycles.